The number of unbranched alkanes of at least 4 members (excludes halogenated alkanes) is 1. The quantitative estimate of drug-likeness (QED) is 0.777. The standard InChI is InChI=1S/C15H22Cl2N2O2S/c1-2-3-10-22(20,21)19-8-6-18(7-9-19)12-13-4-5-14(16)11-15(13)17/h4-5,11H,2-3,6-10,12H2,1H3. The van der Waals surface area contributed by atoms with E-state index in [2.05, 4.69) is 4.90 Å². The molecule has 1 heterocycles. The van der Waals surface area contributed by atoms with Crippen molar-refractivity contribution in [1.29, 1.82) is 0 Å². The summed E-state index contributed by atoms with van der Waals surface area (Å²) >= 11 is 12.1. The first-order valence-electron chi connectivity index (χ1n) is 7.56. The molecule has 0 aromatic heterocycles. The molecule has 1 aromatic carbocycles. The minimum atomic E-state index is -3.09. The third-order valence-electron chi connectivity index (χ3n) is 3.89. The molecule has 1 aromatic rings. The van der Waals surface area contributed by atoms with Crippen LogP contribution in [0.2, 0.25) is 10.0 Å². The number of hydrogen-bond acceptors (Lipinski definition) is 3. The van der Waals surface area contributed by atoms with Crippen molar-refractivity contribution in [3.8, 4) is 0 Å². The molecule has 1 saturated heterocycles. The van der Waals surface area contributed by atoms with E-state index in [1.54, 1.807) is 10.4 Å². The molecule has 1 aliphatic rings. The van der Waals surface area contributed by atoms with Crippen LogP contribution in [0.4, 0.5) is 0 Å². The predicted molar refractivity (Wildman–Crippen MR) is 92.0 cm³/mol. The summed E-state index contributed by atoms with van der Waals surface area (Å²) in [6.07, 6.45) is 1.62. The van der Waals surface area contributed by atoms with Gasteiger partial charge in [-0.3, -0.25) is 4.90 Å². The average molecular weight is 365 g/mol. The van der Waals surface area contributed by atoms with Crippen molar-refractivity contribution in [2.24, 2.45) is 0 Å². The Morgan fingerprint density at radius 2 is 1.82 bits per heavy atom. The molecule has 124 valence electrons. The maximum absolute atomic E-state index is 12.2. The van der Waals surface area contributed by atoms with E-state index in [1.807, 2.05) is 19.1 Å². The minimum Gasteiger partial charge on any atom is -0.296 e. The molecule has 0 unspecified atom stereocenters. The predicted octanol–water partition coefficient (Wildman–Crippen LogP) is 3.24. The lowest BCUT2D eigenvalue weighted by Gasteiger charge is -2.34. The normalized spacial score (nSPS) is 17.8. The smallest absolute Gasteiger partial charge is 0.214 e. The van der Waals surface area contributed by atoms with Gasteiger partial charge in [0.1, 0.15) is 0 Å². The van der Waals surface area contributed by atoms with E-state index < -0.39 is 10.0 Å². The zero-order valence-corrected chi connectivity index (χ0v) is 15.1. The van der Waals surface area contributed by atoms with Gasteiger partial charge >= 0.3 is 0 Å². The summed E-state index contributed by atoms with van der Waals surface area (Å²) in [6.45, 7) is 5.28. The van der Waals surface area contributed by atoms with Crippen LogP contribution in [0.3, 0.4) is 0 Å². The van der Waals surface area contributed by atoms with Gasteiger partial charge in [0.25, 0.3) is 0 Å². The molecule has 0 bridgehead atoms. The largest absolute Gasteiger partial charge is 0.296 e. The van der Waals surface area contributed by atoms with Gasteiger partial charge in [-0.05, 0) is 24.1 Å². The highest BCUT2D eigenvalue weighted by molar-refractivity contribution is 7.89. The molecule has 0 amide bonds. The highest BCUT2D eigenvalue weighted by Crippen LogP contribution is 2.23. The lowest BCUT2D eigenvalue weighted by molar-refractivity contribution is 0.181. The number of rotatable bonds is 6. The lowest BCUT2D eigenvalue weighted by Crippen LogP contribution is -2.48. The monoisotopic (exact) mass is 364 g/mol. The van der Waals surface area contributed by atoms with Crippen LogP contribution in [-0.4, -0.2) is 49.6 Å². The maximum Gasteiger partial charge on any atom is 0.214 e. The van der Waals surface area contributed by atoms with Crippen LogP contribution in [0.25, 0.3) is 0 Å². The first kappa shape index (κ1) is 18.0. The van der Waals surface area contributed by atoms with Crippen LogP contribution in [0, 0.1) is 0 Å². The Morgan fingerprint density at radius 3 is 2.41 bits per heavy atom. The second-order valence-corrected chi connectivity index (χ2v) is 8.51. The van der Waals surface area contributed by atoms with E-state index in [0.717, 1.165) is 38.0 Å². The van der Waals surface area contributed by atoms with Crippen molar-refractivity contribution in [2.45, 2.75) is 26.3 Å². The highest BCUT2D eigenvalue weighted by atomic mass is 35.5. The Hall–Kier alpha value is -0.330. The molecule has 0 saturated carbocycles. The molecule has 1 fully saturated rings. The second kappa shape index (κ2) is 7.97. The van der Waals surface area contributed by atoms with Crippen LogP contribution in [0.1, 0.15) is 25.3 Å². The third kappa shape index (κ3) is 4.83. The molecule has 0 radical (unpaired) electrons. The van der Waals surface area contributed by atoms with Gasteiger partial charge in [-0.2, -0.15) is 4.31 Å². The molecule has 1 aliphatic heterocycles. The van der Waals surface area contributed by atoms with E-state index >= 15 is 0 Å². The Balaban J connectivity index is 1.89. The fourth-order valence-electron chi connectivity index (χ4n) is 2.51. The van der Waals surface area contributed by atoms with Gasteiger partial charge in [-0.25, -0.2) is 8.42 Å². The summed E-state index contributed by atoms with van der Waals surface area (Å²) in [5.74, 6) is 0.256. The summed E-state index contributed by atoms with van der Waals surface area (Å²) < 4.78 is 26.0. The number of sulfonamides is 1. The van der Waals surface area contributed by atoms with E-state index in [4.69, 9.17) is 23.2 Å². The van der Waals surface area contributed by atoms with Gasteiger partial charge < -0.3 is 0 Å². The van der Waals surface area contributed by atoms with Crippen LogP contribution in [0.15, 0.2) is 18.2 Å². The third-order valence-corrected chi connectivity index (χ3v) is 6.43. The van der Waals surface area contributed by atoms with Crippen molar-refractivity contribution in [3.05, 3.63) is 33.8 Å². The van der Waals surface area contributed by atoms with Crippen molar-refractivity contribution in [3.63, 3.8) is 0 Å². The topological polar surface area (TPSA) is 40.6 Å². The van der Waals surface area contributed by atoms with Crippen LogP contribution in [-0.2, 0) is 16.6 Å². The van der Waals surface area contributed by atoms with Gasteiger partial charge in [0.15, 0.2) is 0 Å². The maximum atomic E-state index is 12.2. The molecule has 0 aliphatic carbocycles. The Bertz CT molecular complexity index is 600. The van der Waals surface area contributed by atoms with E-state index in [1.165, 1.54) is 0 Å². The zero-order chi connectivity index (χ0) is 16.2. The van der Waals surface area contributed by atoms with Gasteiger partial charge in [-0.15, -0.1) is 0 Å². The average Bonchev–Trinajstić information content (AvgIpc) is 2.49. The van der Waals surface area contributed by atoms with Crippen LogP contribution < -0.4 is 0 Å². The van der Waals surface area contributed by atoms with E-state index in [9.17, 15) is 8.42 Å². The summed E-state index contributed by atoms with van der Waals surface area (Å²) in [5.41, 5.74) is 1.02. The van der Waals surface area contributed by atoms with E-state index in [0.29, 0.717) is 23.1 Å². The van der Waals surface area contributed by atoms with Crippen LogP contribution in [0.5, 0.6) is 0 Å². The summed E-state index contributed by atoms with van der Waals surface area (Å²) in [6, 6.07) is 5.49. The van der Waals surface area contributed by atoms with Gasteiger partial charge in [0.05, 0.1) is 5.75 Å². The summed E-state index contributed by atoms with van der Waals surface area (Å²) in [5, 5.41) is 1.28. The number of hydrogen-bond donors (Lipinski definition) is 0. The SMILES string of the molecule is CCCCS(=O)(=O)N1CCN(Cc2ccc(Cl)cc2Cl)CC1. The molecular weight excluding hydrogens is 343 g/mol. The minimum absolute atomic E-state index is 0.256. The molecule has 2 rings (SSSR count). The summed E-state index contributed by atoms with van der Waals surface area (Å²) in [7, 11) is -3.09. The Labute approximate surface area is 143 Å². The van der Waals surface area contributed by atoms with Gasteiger partial charge in [-0.1, -0.05) is 42.6 Å². The number of nitrogens with zero attached hydrogens (tertiary/aromatic N) is 2. The first-order chi connectivity index (χ1) is 10.4. The molecule has 0 N–H and O–H groups in total. The van der Waals surface area contributed by atoms with Gasteiger partial charge in [0.2, 0.25) is 10.0 Å². The number of piperazine rings is 1. The number of benzene rings is 1. The summed E-state index contributed by atoms with van der Waals surface area (Å²) in [4.78, 5) is 2.22. The second-order valence-electron chi connectivity index (χ2n) is 5.58. The molecule has 4 nitrogen and oxygen atoms in total. The van der Waals surface area contributed by atoms with E-state index in [-0.39, 0.29) is 5.75 Å². The van der Waals surface area contributed by atoms with Crippen LogP contribution >= 0.6 is 23.2 Å². The molecule has 0 atom stereocenters. The van der Waals surface area contributed by atoms with Gasteiger partial charge in [0, 0.05) is 42.8 Å². The molecule has 7 heteroatoms. The Kier molecular flexibility index (Phi) is 6.53. The number of halogens is 2. The molecular formula is C15H22Cl2N2O2S. The van der Waals surface area contributed by atoms with Crippen molar-refractivity contribution in [2.75, 3.05) is 31.9 Å². The molecule has 0 spiro atoms. The fraction of sp³-hybridized carbons (Fsp3) is 0.600. The Morgan fingerprint density at radius 1 is 1.14 bits per heavy atom. The highest BCUT2D eigenvalue weighted by Gasteiger charge is 2.26. The zero-order valence-electron chi connectivity index (χ0n) is 12.8. The first-order valence-corrected chi connectivity index (χ1v) is 9.93. The van der Waals surface area contributed by atoms with Crippen molar-refractivity contribution >= 4 is 33.2 Å². The van der Waals surface area contributed by atoms with Crippen molar-refractivity contribution < 1.29 is 8.42 Å². The van der Waals surface area contributed by atoms with Crippen molar-refractivity contribution in [1.82, 2.24) is 9.21 Å². The lowest BCUT2D eigenvalue weighted by atomic mass is 10.2. The fourth-order valence-corrected chi connectivity index (χ4v) is 4.61. The molecule has 22 heavy (non-hydrogen) atoms.